The van der Waals surface area contributed by atoms with Gasteiger partial charge in [0.2, 0.25) is 0 Å². The van der Waals surface area contributed by atoms with Gasteiger partial charge in [-0.25, -0.2) is 0 Å². The molecule has 8 aromatic carbocycles. The van der Waals surface area contributed by atoms with Crippen LogP contribution in [0.25, 0.3) is 55.6 Å². The zero-order chi connectivity index (χ0) is 40.7. The van der Waals surface area contributed by atoms with Crippen molar-refractivity contribution in [1.29, 1.82) is 0 Å². The van der Waals surface area contributed by atoms with Crippen molar-refractivity contribution in [1.82, 2.24) is 0 Å². The van der Waals surface area contributed by atoms with Gasteiger partial charge in [-0.2, -0.15) is 0 Å². The highest BCUT2D eigenvalue weighted by atomic mass is 15.1. The molecule has 0 amide bonds. The third kappa shape index (κ3) is 5.90. The third-order valence-electron chi connectivity index (χ3n) is 13.3. The van der Waals surface area contributed by atoms with Crippen molar-refractivity contribution >= 4 is 17.1 Å². The largest absolute Gasteiger partial charge is 0.310 e. The molecule has 0 heterocycles. The average Bonchev–Trinajstić information content (AvgIpc) is 3.63. The van der Waals surface area contributed by atoms with Gasteiger partial charge in [-0.05, 0) is 114 Å². The van der Waals surface area contributed by atoms with E-state index in [9.17, 15) is 0 Å². The Morgan fingerprint density at radius 3 is 1.51 bits per heavy atom. The minimum atomic E-state index is -0.231. The van der Waals surface area contributed by atoms with Crippen molar-refractivity contribution in [2.24, 2.45) is 0 Å². The summed E-state index contributed by atoms with van der Waals surface area (Å²) in [5, 5.41) is 0. The zero-order valence-electron chi connectivity index (χ0n) is 35.3. The second-order valence-electron chi connectivity index (χ2n) is 18.6. The number of rotatable bonds is 6. The predicted octanol–water partition coefficient (Wildman–Crippen LogP) is 16.1. The highest BCUT2D eigenvalue weighted by Gasteiger charge is 2.39. The van der Waals surface area contributed by atoms with E-state index >= 15 is 0 Å². The van der Waals surface area contributed by atoms with Crippen molar-refractivity contribution in [3.63, 3.8) is 0 Å². The molecule has 0 aromatic heterocycles. The Labute approximate surface area is 350 Å². The van der Waals surface area contributed by atoms with E-state index in [1.165, 1.54) is 83.5 Å². The maximum absolute atomic E-state index is 2.50. The van der Waals surface area contributed by atoms with Crippen LogP contribution in [0.3, 0.4) is 0 Å². The van der Waals surface area contributed by atoms with Gasteiger partial charge in [0, 0.05) is 27.8 Å². The van der Waals surface area contributed by atoms with Crippen LogP contribution in [0, 0.1) is 0 Å². The molecule has 1 heteroatoms. The fourth-order valence-corrected chi connectivity index (χ4v) is 10.0. The lowest BCUT2D eigenvalue weighted by atomic mass is 9.80. The van der Waals surface area contributed by atoms with Crippen LogP contribution in [0.5, 0.6) is 0 Å². The van der Waals surface area contributed by atoms with E-state index in [2.05, 4.69) is 235 Å². The number of fused-ring (bicyclic) bond motifs is 6. The maximum atomic E-state index is 2.50. The van der Waals surface area contributed by atoms with Crippen molar-refractivity contribution < 1.29 is 0 Å². The minimum absolute atomic E-state index is 0.0931. The molecule has 0 radical (unpaired) electrons. The predicted molar refractivity (Wildman–Crippen MR) is 251 cm³/mol. The highest BCUT2D eigenvalue weighted by molar-refractivity contribution is 6.01. The van der Waals surface area contributed by atoms with E-state index in [4.69, 9.17) is 0 Å². The van der Waals surface area contributed by atoms with Gasteiger partial charge < -0.3 is 4.90 Å². The molecule has 0 spiro atoms. The summed E-state index contributed by atoms with van der Waals surface area (Å²) in [7, 11) is 0. The Bertz CT molecular complexity index is 2890. The van der Waals surface area contributed by atoms with Gasteiger partial charge in [0.25, 0.3) is 0 Å². The molecule has 59 heavy (non-hydrogen) atoms. The van der Waals surface area contributed by atoms with Gasteiger partial charge in [0.05, 0.1) is 5.69 Å². The molecule has 0 fully saturated rings. The first-order valence-electron chi connectivity index (χ1n) is 21.1. The first kappa shape index (κ1) is 36.9. The molecule has 0 atom stereocenters. The Morgan fingerprint density at radius 1 is 0.356 bits per heavy atom. The fourth-order valence-electron chi connectivity index (χ4n) is 10.0. The lowest BCUT2D eigenvalue weighted by Gasteiger charge is -2.31. The van der Waals surface area contributed by atoms with E-state index in [0.717, 1.165) is 17.1 Å². The number of para-hydroxylation sites is 1. The Morgan fingerprint density at radius 2 is 0.847 bits per heavy atom. The summed E-state index contributed by atoms with van der Waals surface area (Å²) in [6.07, 6.45) is 0. The van der Waals surface area contributed by atoms with Gasteiger partial charge in [-0.15, -0.1) is 0 Å². The molecule has 2 aliphatic rings. The molecular weight excluding hydrogens is 711 g/mol. The van der Waals surface area contributed by atoms with Crippen molar-refractivity contribution in [3.8, 4) is 55.6 Å². The van der Waals surface area contributed by atoms with E-state index < -0.39 is 0 Å². The van der Waals surface area contributed by atoms with Gasteiger partial charge in [0.15, 0.2) is 0 Å². The van der Waals surface area contributed by atoms with Gasteiger partial charge in [-0.3, -0.25) is 0 Å². The topological polar surface area (TPSA) is 3.24 Å². The molecule has 2 aliphatic carbocycles. The summed E-state index contributed by atoms with van der Waals surface area (Å²) < 4.78 is 0. The Balaban J connectivity index is 1.19. The number of anilines is 3. The molecular formula is C58H51N. The number of benzene rings is 8. The van der Waals surface area contributed by atoms with E-state index in [0.29, 0.717) is 0 Å². The van der Waals surface area contributed by atoms with Gasteiger partial charge in [0.1, 0.15) is 0 Å². The van der Waals surface area contributed by atoms with Crippen LogP contribution >= 0.6 is 0 Å². The van der Waals surface area contributed by atoms with Crippen molar-refractivity contribution in [2.75, 3.05) is 4.90 Å². The third-order valence-corrected chi connectivity index (χ3v) is 13.3. The molecule has 0 saturated heterocycles. The van der Waals surface area contributed by atoms with E-state index in [1.54, 1.807) is 0 Å². The first-order valence-corrected chi connectivity index (χ1v) is 21.1. The maximum Gasteiger partial charge on any atom is 0.0540 e. The van der Waals surface area contributed by atoms with E-state index in [-0.39, 0.29) is 16.2 Å². The second-order valence-corrected chi connectivity index (χ2v) is 18.6. The SMILES string of the molecule is CC(C)(C)c1ccc(-c2ccc3c(c2-c2ccccc2)-c2ccc(N(c4ccc5c(c4)C(C)(C)c4ccccc4-5)c4ccccc4-c4ccccc4)cc2C3(C)C)cc1. The monoisotopic (exact) mass is 761 g/mol. The average molecular weight is 762 g/mol. The fraction of sp³-hybridized carbons (Fsp3) is 0.172. The number of hydrogen-bond acceptors (Lipinski definition) is 1. The molecule has 1 nitrogen and oxygen atoms in total. The van der Waals surface area contributed by atoms with Crippen LogP contribution < -0.4 is 4.90 Å². The van der Waals surface area contributed by atoms with Gasteiger partial charge in [-0.1, -0.05) is 200 Å². The first-order chi connectivity index (χ1) is 28.4. The summed E-state index contributed by atoms with van der Waals surface area (Å²) in [4.78, 5) is 2.50. The lowest BCUT2D eigenvalue weighted by Crippen LogP contribution is -2.18. The number of hydrogen-bond donors (Lipinski definition) is 0. The zero-order valence-corrected chi connectivity index (χ0v) is 35.3. The summed E-state index contributed by atoms with van der Waals surface area (Å²) in [5.41, 5.74) is 22.8. The molecule has 0 bridgehead atoms. The normalized spacial score (nSPS) is 14.3. The highest BCUT2D eigenvalue weighted by Crippen LogP contribution is 2.57. The minimum Gasteiger partial charge on any atom is -0.310 e. The Hall–Kier alpha value is -6.44. The number of nitrogens with zero attached hydrogens (tertiary/aromatic N) is 1. The molecule has 10 rings (SSSR count). The molecule has 0 unspecified atom stereocenters. The van der Waals surface area contributed by atoms with Crippen molar-refractivity contribution in [3.05, 3.63) is 210 Å². The van der Waals surface area contributed by atoms with Crippen LogP contribution in [0.4, 0.5) is 17.1 Å². The quantitative estimate of drug-likeness (QED) is 0.163. The summed E-state index contributed by atoms with van der Waals surface area (Å²) in [6.45, 7) is 16.4. The summed E-state index contributed by atoms with van der Waals surface area (Å²) in [5.74, 6) is 0. The summed E-state index contributed by atoms with van der Waals surface area (Å²) >= 11 is 0. The Kier molecular flexibility index (Phi) is 8.48. The molecule has 0 N–H and O–H groups in total. The smallest absolute Gasteiger partial charge is 0.0540 e. The van der Waals surface area contributed by atoms with Crippen LogP contribution in [-0.2, 0) is 16.2 Å². The van der Waals surface area contributed by atoms with Crippen LogP contribution in [0.15, 0.2) is 182 Å². The molecule has 288 valence electrons. The van der Waals surface area contributed by atoms with Gasteiger partial charge >= 0.3 is 0 Å². The van der Waals surface area contributed by atoms with Crippen LogP contribution in [-0.4, -0.2) is 0 Å². The second kappa shape index (κ2) is 13.6. The lowest BCUT2D eigenvalue weighted by molar-refractivity contribution is 0.590. The summed E-state index contributed by atoms with van der Waals surface area (Å²) in [6, 6.07) is 68.0. The van der Waals surface area contributed by atoms with Crippen LogP contribution in [0.1, 0.15) is 76.3 Å². The van der Waals surface area contributed by atoms with Crippen molar-refractivity contribution in [2.45, 2.75) is 64.7 Å². The molecule has 0 aliphatic heterocycles. The van der Waals surface area contributed by atoms with Crippen LogP contribution in [0.2, 0.25) is 0 Å². The van der Waals surface area contributed by atoms with E-state index in [1.807, 2.05) is 0 Å². The standard InChI is InChI=1S/C58H51N/c1-56(2,3)41-28-26-39(27-29-41)45-34-35-50-55(54(45)40-20-12-9-13-21-40)48-33-31-43(37-52(48)58(50,6)7)59(53-25-17-15-22-44(53)38-18-10-8-11-19-38)42-30-32-47-46-23-14-16-24-49(46)57(4,5)51(47)36-42/h8-37H,1-7H3. The molecule has 0 saturated carbocycles. The molecule has 8 aromatic rings.